The average Bonchev–Trinajstić information content (AvgIpc) is 2.75. The molecule has 3 aromatic rings. The lowest BCUT2D eigenvalue weighted by molar-refractivity contribution is 0.0734. The molecule has 1 N–H and O–H groups in total. The van der Waals surface area contributed by atoms with Crippen LogP contribution in [0.4, 0.5) is 0 Å². The SMILES string of the molecule is COc1ccc(Br)cc1C(=O)NN=Cc1ccccc1OC(=O)c1ccccc1. The van der Waals surface area contributed by atoms with Gasteiger partial charge < -0.3 is 9.47 Å². The molecule has 0 bridgehead atoms. The topological polar surface area (TPSA) is 77.0 Å². The number of rotatable bonds is 6. The van der Waals surface area contributed by atoms with Gasteiger partial charge in [0.2, 0.25) is 0 Å². The van der Waals surface area contributed by atoms with Crippen LogP contribution in [0.5, 0.6) is 11.5 Å². The molecular formula is C22H17BrN2O4. The highest BCUT2D eigenvalue weighted by Crippen LogP contribution is 2.23. The number of nitrogens with one attached hydrogen (secondary N) is 1. The zero-order valence-corrected chi connectivity index (χ0v) is 17.0. The molecule has 0 atom stereocenters. The summed E-state index contributed by atoms with van der Waals surface area (Å²) in [6.45, 7) is 0. The van der Waals surface area contributed by atoms with Gasteiger partial charge in [0.25, 0.3) is 5.91 Å². The van der Waals surface area contributed by atoms with Crippen molar-refractivity contribution in [2.45, 2.75) is 0 Å². The number of carbonyl (C=O) groups excluding carboxylic acids is 2. The second-order valence-corrected chi connectivity index (χ2v) is 6.75. The number of nitrogens with zero attached hydrogens (tertiary/aromatic N) is 1. The largest absolute Gasteiger partial charge is 0.496 e. The van der Waals surface area contributed by atoms with Crippen LogP contribution in [0, 0.1) is 0 Å². The lowest BCUT2D eigenvalue weighted by Gasteiger charge is -2.08. The van der Waals surface area contributed by atoms with Crippen molar-refractivity contribution in [2.24, 2.45) is 5.10 Å². The van der Waals surface area contributed by atoms with Gasteiger partial charge in [-0.2, -0.15) is 5.10 Å². The number of hydrazone groups is 1. The molecule has 0 spiro atoms. The first-order valence-electron chi connectivity index (χ1n) is 8.61. The third-order valence-electron chi connectivity index (χ3n) is 3.91. The third kappa shape index (κ3) is 5.30. The summed E-state index contributed by atoms with van der Waals surface area (Å²) in [5.74, 6) is -0.148. The maximum Gasteiger partial charge on any atom is 0.343 e. The van der Waals surface area contributed by atoms with E-state index in [1.54, 1.807) is 66.7 Å². The Bertz CT molecular complexity index is 1050. The second kappa shape index (κ2) is 9.66. The summed E-state index contributed by atoms with van der Waals surface area (Å²) >= 11 is 3.33. The van der Waals surface area contributed by atoms with Gasteiger partial charge in [-0.15, -0.1) is 0 Å². The number of carbonyl (C=O) groups is 2. The number of para-hydroxylation sites is 1. The lowest BCUT2D eigenvalue weighted by atomic mass is 10.2. The quantitative estimate of drug-likeness (QED) is 0.259. The molecule has 7 heteroatoms. The molecule has 0 saturated carbocycles. The van der Waals surface area contributed by atoms with Crippen molar-refractivity contribution >= 4 is 34.0 Å². The Labute approximate surface area is 176 Å². The number of esters is 1. The summed E-state index contributed by atoms with van der Waals surface area (Å²) in [5.41, 5.74) is 3.77. The summed E-state index contributed by atoms with van der Waals surface area (Å²) < 4.78 is 11.4. The molecule has 0 unspecified atom stereocenters. The first kappa shape index (κ1) is 20.3. The molecule has 0 aliphatic carbocycles. The molecule has 3 rings (SSSR count). The van der Waals surface area contributed by atoms with Crippen LogP contribution < -0.4 is 14.9 Å². The van der Waals surface area contributed by atoms with Gasteiger partial charge in [0.05, 0.1) is 24.5 Å². The number of halogens is 1. The van der Waals surface area contributed by atoms with E-state index < -0.39 is 11.9 Å². The van der Waals surface area contributed by atoms with Crippen molar-refractivity contribution in [2.75, 3.05) is 7.11 Å². The smallest absolute Gasteiger partial charge is 0.343 e. The van der Waals surface area contributed by atoms with Gasteiger partial charge in [0.15, 0.2) is 0 Å². The summed E-state index contributed by atoms with van der Waals surface area (Å²) in [5, 5.41) is 3.98. The minimum atomic E-state index is -0.477. The molecule has 1 amide bonds. The monoisotopic (exact) mass is 452 g/mol. The average molecular weight is 453 g/mol. The van der Waals surface area contributed by atoms with Gasteiger partial charge in [0.1, 0.15) is 11.5 Å². The number of ether oxygens (including phenoxy) is 2. The van der Waals surface area contributed by atoms with Crippen LogP contribution in [-0.4, -0.2) is 25.2 Å². The van der Waals surface area contributed by atoms with Gasteiger partial charge in [-0.05, 0) is 42.5 Å². The van der Waals surface area contributed by atoms with E-state index in [4.69, 9.17) is 9.47 Å². The molecule has 0 aliphatic heterocycles. The van der Waals surface area contributed by atoms with Crippen molar-refractivity contribution in [1.29, 1.82) is 0 Å². The predicted molar refractivity (Wildman–Crippen MR) is 114 cm³/mol. The minimum absolute atomic E-state index is 0.333. The summed E-state index contributed by atoms with van der Waals surface area (Å²) in [6, 6.07) is 20.7. The fourth-order valence-electron chi connectivity index (χ4n) is 2.49. The Morgan fingerprint density at radius 2 is 1.69 bits per heavy atom. The molecule has 0 fully saturated rings. The van der Waals surface area contributed by atoms with Crippen molar-refractivity contribution in [3.05, 3.63) is 94.0 Å². The van der Waals surface area contributed by atoms with Crippen LogP contribution in [0.15, 0.2) is 82.4 Å². The van der Waals surface area contributed by atoms with Gasteiger partial charge in [0, 0.05) is 10.0 Å². The molecule has 0 heterocycles. The Kier molecular flexibility index (Phi) is 6.76. The van der Waals surface area contributed by atoms with Crippen molar-refractivity contribution in [3.8, 4) is 11.5 Å². The van der Waals surface area contributed by atoms with Gasteiger partial charge >= 0.3 is 5.97 Å². The summed E-state index contributed by atoms with van der Waals surface area (Å²) in [4.78, 5) is 24.7. The highest BCUT2D eigenvalue weighted by atomic mass is 79.9. The highest BCUT2D eigenvalue weighted by molar-refractivity contribution is 9.10. The minimum Gasteiger partial charge on any atom is -0.496 e. The Morgan fingerprint density at radius 1 is 0.966 bits per heavy atom. The van der Waals surface area contributed by atoms with E-state index in [0.29, 0.717) is 28.2 Å². The number of methoxy groups -OCH3 is 1. The van der Waals surface area contributed by atoms with Crippen LogP contribution in [0.3, 0.4) is 0 Å². The number of amides is 1. The van der Waals surface area contributed by atoms with Crippen LogP contribution in [-0.2, 0) is 0 Å². The summed E-state index contributed by atoms with van der Waals surface area (Å²) in [6.07, 6.45) is 1.41. The van der Waals surface area contributed by atoms with Crippen LogP contribution in [0.25, 0.3) is 0 Å². The fourth-order valence-corrected chi connectivity index (χ4v) is 2.85. The lowest BCUT2D eigenvalue weighted by Crippen LogP contribution is -2.18. The Hall–Kier alpha value is -3.45. The number of benzene rings is 3. The fraction of sp³-hybridized carbons (Fsp3) is 0.0455. The second-order valence-electron chi connectivity index (χ2n) is 5.84. The van der Waals surface area contributed by atoms with E-state index in [0.717, 1.165) is 4.47 Å². The van der Waals surface area contributed by atoms with Gasteiger partial charge in [-0.1, -0.05) is 46.3 Å². The van der Waals surface area contributed by atoms with Crippen molar-refractivity contribution in [1.82, 2.24) is 5.43 Å². The maximum atomic E-state index is 12.4. The van der Waals surface area contributed by atoms with Gasteiger partial charge in [-0.25, -0.2) is 10.2 Å². The summed E-state index contributed by atoms with van der Waals surface area (Å²) in [7, 11) is 1.49. The molecular weight excluding hydrogens is 436 g/mol. The predicted octanol–water partition coefficient (Wildman–Crippen LogP) is 4.44. The molecule has 6 nitrogen and oxygen atoms in total. The van der Waals surface area contributed by atoms with E-state index in [9.17, 15) is 9.59 Å². The maximum absolute atomic E-state index is 12.4. The van der Waals surface area contributed by atoms with Crippen LogP contribution in [0.1, 0.15) is 26.3 Å². The van der Waals surface area contributed by atoms with E-state index in [1.165, 1.54) is 13.3 Å². The van der Waals surface area contributed by atoms with E-state index in [-0.39, 0.29) is 0 Å². The van der Waals surface area contributed by atoms with Gasteiger partial charge in [-0.3, -0.25) is 4.79 Å². The molecule has 146 valence electrons. The third-order valence-corrected chi connectivity index (χ3v) is 4.40. The van der Waals surface area contributed by atoms with Crippen LogP contribution in [0.2, 0.25) is 0 Å². The Balaban J connectivity index is 1.72. The van der Waals surface area contributed by atoms with Crippen LogP contribution >= 0.6 is 15.9 Å². The number of hydrogen-bond acceptors (Lipinski definition) is 5. The molecule has 0 aliphatic rings. The number of hydrogen-bond donors (Lipinski definition) is 1. The van der Waals surface area contributed by atoms with Crippen molar-refractivity contribution in [3.63, 3.8) is 0 Å². The zero-order chi connectivity index (χ0) is 20.6. The zero-order valence-electron chi connectivity index (χ0n) is 15.5. The van der Waals surface area contributed by atoms with E-state index >= 15 is 0 Å². The molecule has 0 aromatic heterocycles. The normalized spacial score (nSPS) is 10.6. The molecule has 29 heavy (non-hydrogen) atoms. The standard InChI is InChI=1S/C22H17BrN2O4/c1-28-20-12-11-17(23)13-18(20)21(26)25-24-14-16-9-5-6-10-19(16)29-22(27)15-7-3-2-4-8-15/h2-14H,1H3,(H,25,26). The molecule has 3 aromatic carbocycles. The van der Waals surface area contributed by atoms with E-state index in [2.05, 4.69) is 26.5 Å². The van der Waals surface area contributed by atoms with E-state index in [1.807, 2.05) is 6.07 Å². The first-order chi connectivity index (χ1) is 14.1. The molecule has 0 saturated heterocycles. The Morgan fingerprint density at radius 3 is 2.45 bits per heavy atom. The highest BCUT2D eigenvalue weighted by Gasteiger charge is 2.13. The first-order valence-corrected chi connectivity index (χ1v) is 9.41. The van der Waals surface area contributed by atoms with Crippen molar-refractivity contribution < 1.29 is 19.1 Å². The molecule has 0 radical (unpaired) electrons.